The molecule has 2 aliphatic carbocycles. The maximum absolute atomic E-state index is 11.6. The summed E-state index contributed by atoms with van der Waals surface area (Å²) < 4.78 is 0. The zero-order valence-electron chi connectivity index (χ0n) is 15.9. The summed E-state index contributed by atoms with van der Waals surface area (Å²) in [7, 11) is 0. The molecule has 1 saturated carbocycles. The summed E-state index contributed by atoms with van der Waals surface area (Å²) in [6.45, 7) is 0.684. The number of anilines is 3. The summed E-state index contributed by atoms with van der Waals surface area (Å²) in [5.41, 5.74) is 3.37. The summed E-state index contributed by atoms with van der Waals surface area (Å²) in [4.78, 5) is 22.9. The van der Waals surface area contributed by atoms with Crippen molar-refractivity contribution in [3.8, 4) is 0 Å². The Bertz CT molecular complexity index is 889. The van der Waals surface area contributed by atoms with Gasteiger partial charge in [0.05, 0.1) is 5.69 Å². The number of fused-ring (bicyclic) bond motifs is 1. The Hall–Kier alpha value is -2.64. The van der Waals surface area contributed by atoms with Gasteiger partial charge in [-0.2, -0.15) is 10.1 Å². The van der Waals surface area contributed by atoms with Gasteiger partial charge in [-0.25, -0.2) is 9.78 Å². The molecule has 0 aromatic carbocycles. The molecule has 0 spiro atoms. The second-order valence-electron chi connectivity index (χ2n) is 8.16. The van der Waals surface area contributed by atoms with Gasteiger partial charge in [0.2, 0.25) is 5.95 Å². The molecule has 3 N–H and O–H groups in total. The third-order valence-corrected chi connectivity index (χ3v) is 6.36. The number of carboxylic acids is 1. The van der Waals surface area contributed by atoms with Gasteiger partial charge in [-0.3, -0.25) is 5.10 Å². The van der Waals surface area contributed by atoms with Crippen molar-refractivity contribution in [1.29, 1.82) is 0 Å². The van der Waals surface area contributed by atoms with E-state index < -0.39 is 12.0 Å². The first-order valence-electron chi connectivity index (χ1n) is 10.4. The lowest BCUT2D eigenvalue weighted by atomic mass is 10.0. The molecule has 28 heavy (non-hydrogen) atoms. The van der Waals surface area contributed by atoms with Crippen LogP contribution in [0.5, 0.6) is 0 Å². The van der Waals surface area contributed by atoms with E-state index in [9.17, 15) is 9.90 Å². The molecule has 3 aliphatic rings. The van der Waals surface area contributed by atoms with Gasteiger partial charge in [0.1, 0.15) is 11.9 Å². The van der Waals surface area contributed by atoms with Crippen molar-refractivity contribution in [2.24, 2.45) is 0 Å². The minimum Gasteiger partial charge on any atom is -0.480 e. The average Bonchev–Trinajstić information content (AvgIpc) is 3.47. The summed E-state index contributed by atoms with van der Waals surface area (Å²) in [6, 6.07) is 1.56. The maximum atomic E-state index is 11.6. The topological polar surface area (TPSA) is 107 Å². The average molecular weight is 382 g/mol. The highest BCUT2D eigenvalue weighted by Crippen LogP contribution is 2.35. The fourth-order valence-electron chi connectivity index (χ4n) is 4.88. The van der Waals surface area contributed by atoms with Crippen molar-refractivity contribution in [3.63, 3.8) is 0 Å². The van der Waals surface area contributed by atoms with Crippen LogP contribution in [0.4, 0.5) is 17.6 Å². The molecule has 0 bridgehead atoms. The number of carboxylic acid groups (broad SMARTS) is 1. The molecule has 3 heterocycles. The lowest BCUT2D eigenvalue weighted by Gasteiger charge is -2.23. The van der Waals surface area contributed by atoms with E-state index in [2.05, 4.69) is 21.6 Å². The summed E-state index contributed by atoms with van der Waals surface area (Å²) in [5, 5.41) is 20.5. The SMILES string of the molecule is O=C(O)C1CCCN1c1nc2c(c(Nc3cc(C4CCCC4)[nH]n3)n1)CCC2. The van der Waals surface area contributed by atoms with Gasteiger partial charge < -0.3 is 15.3 Å². The van der Waals surface area contributed by atoms with Crippen molar-refractivity contribution >= 4 is 23.6 Å². The van der Waals surface area contributed by atoms with Gasteiger partial charge >= 0.3 is 5.97 Å². The summed E-state index contributed by atoms with van der Waals surface area (Å²) >= 11 is 0. The van der Waals surface area contributed by atoms with E-state index in [0.717, 1.165) is 48.6 Å². The highest BCUT2D eigenvalue weighted by molar-refractivity contribution is 5.78. The Morgan fingerprint density at radius 2 is 2.00 bits per heavy atom. The molecule has 8 nitrogen and oxygen atoms in total. The maximum Gasteiger partial charge on any atom is 0.326 e. The molecular formula is C20H26N6O2. The van der Waals surface area contributed by atoms with Gasteiger partial charge in [0.15, 0.2) is 5.82 Å². The van der Waals surface area contributed by atoms with Gasteiger partial charge in [-0.05, 0) is 44.9 Å². The number of H-pyrrole nitrogens is 1. The Morgan fingerprint density at radius 1 is 1.14 bits per heavy atom. The summed E-state index contributed by atoms with van der Waals surface area (Å²) in [6.07, 6.45) is 9.43. The summed E-state index contributed by atoms with van der Waals surface area (Å²) in [5.74, 6) is 1.86. The minimum absolute atomic E-state index is 0.527. The molecule has 2 aromatic heterocycles. The van der Waals surface area contributed by atoms with Crippen LogP contribution in [0.25, 0.3) is 0 Å². The van der Waals surface area contributed by atoms with Gasteiger partial charge in [-0.15, -0.1) is 0 Å². The number of aromatic nitrogens is 4. The van der Waals surface area contributed by atoms with Crippen LogP contribution in [0.3, 0.4) is 0 Å². The highest BCUT2D eigenvalue weighted by Gasteiger charge is 2.33. The van der Waals surface area contributed by atoms with Crippen molar-refractivity contribution < 1.29 is 9.90 Å². The van der Waals surface area contributed by atoms with E-state index in [0.29, 0.717) is 24.8 Å². The largest absolute Gasteiger partial charge is 0.480 e. The minimum atomic E-state index is -0.801. The zero-order chi connectivity index (χ0) is 19.1. The van der Waals surface area contributed by atoms with E-state index in [1.54, 1.807) is 0 Å². The smallest absolute Gasteiger partial charge is 0.326 e. The zero-order valence-corrected chi connectivity index (χ0v) is 15.9. The lowest BCUT2D eigenvalue weighted by Crippen LogP contribution is -2.37. The number of aliphatic carboxylic acids is 1. The van der Waals surface area contributed by atoms with Crippen molar-refractivity contribution in [1.82, 2.24) is 20.2 Å². The van der Waals surface area contributed by atoms with Gasteiger partial charge in [0, 0.05) is 29.8 Å². The Kier molecular flexibility index (Phi) is 4.41. The predicted molar refractivity (Wildman–Crippen MR) is 105 cm³/mol. The van der Waals surface area contributed by atoms with Crippen LogP contribution in [0.1, 0.15) is 67.8 Å². The molecule has 8 heteroatoms. The molecule has 1 saturated heterocycles. The van der Waals surface area contributed by atoms with Crippen molar-refractivity contribution in [2.45, 2.75) is 69.7 Å². The van der Waals surface area contributed by atoms with Crippen LogP contribution in [0, 0.1) is 0 Å². The molecule has 1 unspecified atom stereocenters. The Morgan fingerprint density at radius 3 is 2.82 bits per heavy atom. The standard InChI is InChI=1S/C20H26N6O2/c27-19(28)16-9-4-10-26(16)20-21-14-8-3-7-13(14)18(23-20)22-17-11-15(24-25-17)12-5-1-2-6-12/h11-12,16H,1-10H2,(H,27,28)(H2,21,22,23,24,25). The first-order chi connectivity index (χ1) is 13.7. The number of aromatic amines is 1. The molecular weight excluding hydrogens is 356 g/mol. The normalized spacial score (nSPS) is 22.0. The quantitative estimate of drug-likeness (QED) is 0.729. The molecule has 5 rings (SSSR count). The van der Waals surface area contributed by atoms with E-state index in [-0.39, 0.29) is 0 Å². The van der Waals surface area contributed by atoms with Crippen molar-refractivity contribution in [3.05, 3.63) is 23.0 Å². The van der Waals surface area contributed by atoms with E-state index in [4.69, 9.17) is 9.97 Å². The number of aryl methyl sites for hydroxylation is 1. The lowest BCUT2D eigenvalue weighted by molar-refractivity contribution is -0.138. The second kappa shape index (κ2) is 7.07. The van der Waals surface area contributed by atoms with E-state index >= 15 is 0 Å². The fraction of sp³-hybridized carbons (Fsp3) is 0.600. The van der Waals surface area contributed by atoms with Gasteiger partial charge in [0.25, 0.3) is 0 Å². The molecule has 148 valence electrons. The molecule has 1 atom stereocenters. The Balaban J connectivity index is 1.44. The molecule has 1 aliphatic heterocycles. The van der Waals surface area contributed by atoms with Crippen LogP contribution in [0.2, 0.25) is 0 Å². The van der Waals surface area contributed by atoms with Crippen LogP contribution in [-0.4, -0.2) is 43.8 Å². The molecule has 0 radical (unpaired) electrons. The predicted octanol–water partition coefficient (Wildman–Crippen LogP) is 3.14. The molecule has 2 aromatic rings. The number of hydrogen-bond donors (Lipinski definition) is 3. The van der Waals surface area contributed by atoms with Gasteiger partial charge in [-0.1, -0.05) is 12.8 Å². The fourth-order valence-corrected chi connectivity index (χ4v) is 4.88. The van der Waals surface area contributed by atoms with Crippen LogP contribution in [-0.2, 0) is 17.6 Å². The Labute approximate surface area is 163 Å². The molecule has 0 amide bonds. The van der Waals surface area contributed by atoms with Crippen molar-refractivity contribution in [2.75, 3.05) is 16.8 Å². The number of nitrogens with one attached hydrogen (secondary N) is 2. The van der Waals surface area contributed by atoms with Crippen LogP contribution < -0.4 is 10.2 Å². The first kappa shape index (κ1) is 17.5. The van der Waals surface area contributed by atoms with Crippen LogP contribution >= 0.6 is 0 Å². The monoisotopic (exact) mass is 382 g/mol. The van der Waals surface area contributed by atoms with E-state index in [1.165, 1.54) is 31.4 Å². The molecule has 2 fully saturated rings. The number of carbonyl (C=O) groups is 1. The highest BCUT2D eigenvalue weighted by atomic mass is 16.4. The number of rotatable bonds is 5. The van der Waals surface area contributed by atoms with Crippen LogP contribution in [0.15, 0.2) is 6.07 Å². The third-order valence-electron chi connectivity index (χ3n) is 6.36. The second-order valence-corrected chi connectivity index (χ2v) is 8.16. The third kappa shape index (κ3) is 3.10. The number of nitrogens with zero attached hydrogens (tertiary/aromatic N) is 4. The number of hydrogen-bond acceptors (Lipinski definition) is 6. The first-order valence-corrected chi connectivity index (χ1v) is 10.4. The van der Waals surface area contributed by atoms with E-state index in [1.807, 2.05) is 4.90 Å².